The molecule has 1 unspecified atom stereocenters. The fourth-order valence-corrected chi connectivity index (χ4v) is 1.89. The maximum Gasteiger partial charge on any atom is 0.336 e. The van der Waals surface area contributed by atoms with Crippen LogP contribution in [0.15, 0.2) is 18.2 Å². The Balaban J connectivity index is 2.26. The van der Waals surface area contributed by atoms with Crippen LogP contribution in [0.4, 0.5) is 0 Å². The number of aliphatic carboxylic acids is 1. The van der Waals surface area contributed by atoms with Gasteiger partial charge in [0.25, 0.3) is 0 Å². The number of carbonyl (C=O) groups is 1. The second-order valence-electron chi connectivity index (χ2n) is 4.98. The average molecular weight is 261 g/mol. The number of hydrogen-bond donors (Lipinski definition) is 2. The van der Waals surface area contributed by atoms with Crippen molar-refractivity contribution in [3.8, 4) is 23.8 Å². The molecule has 0 saturated carbocycles. The molecule has 0 aliphatic carbocycles. The zero-order chi connectivity index (χ0) is 14.3. The lowest BCUT2D eigenvalue weighted by atomic mass is 9.93. The minimum absolute atomic E-state index is 0.0237. The monoisotopic (exact) mass is 261 g/mol. The smallest absolute Gasteiger partial charge is 0.336 e. The Morgan fingerprint density at radius 1 is 1.47 bits per heavy atom. The molecule has 5 heteroatoms. The minimum Gasteiger partial charge on any atom is -0.479 e. The summed E-state index contributed by atoms with van der Waals surface area (Å²) in [6.45, 7) is 3.58. The summed E-state index contributed by atoms with van der Waals surface area (Å²) in [7, 11) is 0. The topological polar surface area (TPSA) is 81.8 Å². The summed E-state index contributed by atoms with van der Waals surface area (Å²) in [6, 6.07) is 5.15. The van der Waals surface area contributed by atoms with E-state index in [4.69, 9.17) is 26.7 Å². The van der Waals surface area contributed by atoms with Crippen LogP contribution in [-0.4, -0.2) is 22.4 Å². The van der Waals surface area contributed by atoms with Gasteiger partial charge in [0.15, 0.2) is 17.0 Å². The highest BCUT2D eigenvalue weighted by molar-refractivity contribution is 5.83. The van der Waals surface area contributed by atoms with Crippen LogP contribution in [0.3, 0.4) is 0 Å². The van der Waals surface area contributed by atoms with E-state index in [0.717, 1.165) is 0 Å². The molecule has 2 rings (SSSR count). The molecular weight excluding hydrogens is 246 g/mol. The van der Waals surface area contributed by atoms with Gasteiger partial charge in [0.1, 0.15) is 0 Å². The van der Waals surface area contributed by atoms with E-state index >= 15 is 0 Å². The third kappa shape index (κ3) is 2.49. The summed E-state index contributed by atoms with van der Waals surface area (Å²) >= 11 is 0. The molecule has 1 heterocycles. The van der Waals surface area contributed by atoms with Gasteiger partial charge in [-0.1, -0.05) is 12.0 Å². The van der Waals surface area contributed by atoms with Gasteiger partial charge < -0.3 is 20.3 Å². The van der Waals surface area contributed by atoms with Crippen molar-refractivity contribution in [1.29, 1.82) is 0 Å². The Morgan fingerprint density at radius 3 is 2.68 bits per heavy atom. The number of terminal acetylenes is 1. The molecule has 1 aliphatic heterocycles. The number of ether oxygens (including phenoxy) is 2. The molecule has 5 nitrogen and oxygen atoms in total. The van der Waals surface area contributed by atoms with E-state index in [9.17, 15) is 4.79 Å². The summed E-state index contributed by atoms with van der Waals surface area (Å²) in [5.74, 6) is 1.35. The van der Waals surface area contributed by atoms with Crippen molar-refractivity contribution in [2.45, 2.75) is 31.6 Å². The van der Waals surface area contributed by atoms with Gasteiger partial charge in [-0.2, -0.15) is 0 Å². The van der Waals surface area contributed by atoms with E-state index in [2.05, 4.69) is 5.92 Å². The van der Waals surface area contributed by atoms with Crippen LogP contribution in [0.5, 0.6) is 11.5 Å². The molecule has 0 spiro atoms. The molecule has 1 aromatic carbocycles. The number of rotatable bonds is 3. The van der Waals surface area contributed by atoms with Crippen LogP contribution >= 0.6 is 0 Å². The van der Waals surface area contributed by atoms with Crippen molar-refractivity contribution >= 4 is 5.97 Å². The third-order valence-electron chi connectivity index (χ3n) is 2.84. The van der Waals surface area contributed by atoms with E-state index in [1.807, 2.05) is 0 Å². The maximum atomic E-state index is 11.1. The molecule has 100 valence electrons. The second-order valence-corrected chi connectivity index (χ2v) is 4.98. The van der Waals surface area contributed by atoms with Gasteiger partial charge >= 0.3 is 5.97 Å². The molecule has 0 radical (unpaired) electrons. The lowest BCUT2D eigenvalue weighted by Gasteiger charge is -2.18. The first-order chi connectivity index (χ1) is 8.76. The van der Waals surface area contributed by atoms with Crippen LogP contribution < -0.4 is 15.2 Å². The van der Waals surface area contributed by atoms with Crippen LogP contribution in [-0.2, 0) is 11.2 Å². The predicted octanol–water partition coefficient (Wildman–Crippen LogP) is 1.15. The molecular formula is C14H15NO4. The zero-order valence-corrected chi connectivity index (χ0v) is 10.8. The Hall–Kier alpha value is -2.19. The number of nitrogens with two attached hydrogens (primary N) is 1. The second kappa shape index (κ2) is 4.18. The van der Waals surface area contributed by atoms with E-state index in [-0.39, 0.29) is 6.42 Å². The summed E-state index contributed by atoms with van der Waals surface area (Å²) in [5.41, 5.74) is 4.63. The number of benzene rings is 1. The predicted molar refractivity (Wildman–Crippen MR) is 68.9 cm³/mol. The highest BCUT2D eigenvalue weighted by Crippen LogP contribution is 2.39. The Morgan fingerprint density at radius 2 is 2.11 bits per heavy atom. The van der Waals surface area contributed by atoms with Crippen molar-refractivity contribution in [2.24, 2.45) is 5.73 Å². The largest absolute Gasteiger partial charge is 0.479 e. The first-order valence-electron chi connectivity index (χ1n) is 5.77. The van der Waals surface area contributed by atoms with Crippen molar-refractivity contribution < 1.29 is 19.4 Å². The molecule has 0 amide bonds. The van der Waals surface area contributed by atoms with Crippen LogP contribution in [0.2, 0.25) is 0 Å². The molecule has 1 aliphatic rings. The van der Waals surface area contributed by atoms with Gasteiger partial charge in [-0.05, 0) is 17.7 Å². The number of carboxylic acids is 1. The van der Waals surface area contributed by atoms with Crippen molar-refractivity contribution in [3.63, 3.8) is 0 Å². The summed E-state index contributed by atoms with van der Waals surface area (Å²) < 4.78 is 11.1. The number of carboxylic acid groups (broad SMARTS) is 1. The first-order valence-corrected chi connectivity index (χ1v) is 5.77. The van der Waals surface area contributed by atoms with Gasteiger partial charge in [0, 0.05) is 20.3 Å². The molecule has 1 aromatic rings. The van der Waals surface area contributed by atoms with E-state index in [1.165, 1.54) is 0 Å². The molecule has 0 aromatic heterocycles. The van der Waals surface area contributed by atoms with Crippen molar-refractivity contribution in [2.75, 3.05) is 0 Å². The third-order valence-corrected chi connectivity index (χ3v) is 2.84. The molecule has 1 atom stereocenters. The van der Waals surface area contributed by atoms with Gasteiger partial charge in [-0.15, -0.1) is 6.42 Å². The maximum absolute atomic E-state index is 11.1. The average Bonchev–Trinajstić information content (AvgIpc) is 2.61. The normalized spacial score (nSPS) is 18.4. The molecule has 0 fully saturated rings. The Kier molecular flexibility index (Phi) is 2.91. The van der Waals surface area contributed by atoms with Gasteiger partial charge in [0.2, 0.25) is 5.79 Å². The molecule has 19 heavy (non-hydrogen) atoms. The van der Waals surface area contributed by atoms with Gasteiger partial charge in [-0.3, -0.25) is 0 Å². The molecule has 0 saturated heterocycles. The van der Waals surface area contributed by atoms with E-state index in [0.29, 0.717) is 17.1 Å². The van der Waals surface area contributed by atoms with Crippen molar-refractivity contribution in [3.05, 3.63) is 23.8 Å². The SMILES string of the molecule is C#CC(N)(Cc1ccc2c(c1)OC(C)(C)O2)C(=O)O. The Bertz CT molecular complexity index is 573. The highest BCUT2D eigenvalue weighted by Gasteiger charge is 2.34. The van der Waals surface area contributed by atoms with E-state index < -0.39 is 17.3 Å². The number of fused-ring (bicyclic) bond motifs is 1. The quantitative estimate of drug-likeness (QED) is 0.798. The summed E-state index contributed by atoms with van der Waals surface area (Å²) in [4.78, 5) is 11.1. The molecule has 3 N–H and O–H groups in total. The summed E-state index contributed by atoms with van der Waals surface area (Å²) in [5, 5.41) is 9.05. The van der Waals surface area contributed by atoms with Crippen molar-refractivity contribution in [1.82, 2.24) is 0 Å². The lowest BCUT2D eigenvalue weighted by molar-refractivity contribution is -0.141. The minimum atomic E-state index is -1.72. The Labute approximate surface area is 111 Å². The first kappa shape index (κ1) is 13.2. The fraction of sp³-hybridized carbons (Fsp3) is 0.357. The zero-order valence-electron chi connectivity index (χ0n) is 10.8. The van der Waals surface area contributed by atoms with Crippen LogP contribution in [0.25, 0.3) is 0 Å². The standard InChI is InChI=1S/C14H15NO4/c1-4-14(15,12(16)17)8-9-5-6-10-11(7-9)19-13(2,3)18-10/h1,5-7H,8,15H2,2-3H3,(H,16,17). The fourth-order valence-electron chi connectivity index (χ4n) is 1.89. The molecule has 0 bridgehead atoms. The van der Waals surface area contributed by atoms with Crippen LogP contribution in [0.1, 0.15) is 19.4 Å². The number of hydrogen-bond acceptors (Lipinski definition) is 4. The summed E-state index contributed by atoms with van der Waals surface area (Å²) in [6.07, 6.45) is 5.22. The van der Waals surface area contributed by atoms with E-state index in [1.54, 1.807) is 32.0 Å². The van der Waals surface area contributed by atoms with Gasteiger partial charge in [0.05, 0.1) is 0 Å². The van der Waals surface area contributed by atoms with Crippen LogP contribution in [0, 0.1) is 12.3 Å². The highest BCUT2D eigenvalue weighted by atomic mass is 16.7. The van der Waals surface area contributed by atoms with Gasteiger partial charge in [-0.25, -0.2) is 4.79 Å². The lowest BCUT2D eigenvalue weighted by Crippen LogP contribution is -2.48.